The Morgan fingerprint density at radius 1 is 1.21 bits per heavy atom. The van der Waals surface area contributed by atoms with Crippen molar-refractivity contribution in [3.05, 3.63) is 0 Å². The van der Waals surface area contributed by atoms with Crippen LogP contribution < -0.4 is 5.73 Å². The highest BCUT2D eigenvalue weighted by Gasteiger charge is 2.04. The quantitative estimate of drug-likeness (QED) is 0.613. The van der Waals surface area contributed by atoms with E-state index in [9.17, 15) is 0 Å². The third-order valence-electron chi connectivity index (χ3n) is 2.31. The van der Waals surface area contributed by atoms with E-state index in [2.05, 4.69) is 18.7 Å². The van der Waals surface area contributed by atoms with Crippen molar-refractivity contribution in [2.75, 3.05) is 39.9 Å². The number of hydrogen-bond donors (Lipinski definition) is 1. The molecule has 0 atom stereocenters. The van der Waals surface area contributed by atoms with Crippen molar-refractivity contribution in [1.29, 1.82) is 0 Å². The minimum atomic E-state index is 0.776. The first-order valence-electron chi connectivity index (χ1n) is 5.62. The average molecular weight is 202 g/mol. The Morgan fingerprint density at radius 2 is 1.93 bits per heavy atom. The molecule has 0 heterocycles. The summed E-state index contributed by atoms with van der Waals surface area (Å²) in [6, 6.07) is 0. The van der Waals surface area contributed by atoms with Gasteiger partial charge >= 0.3 is 0 Å². The molecular formula is C11H26N2O. The fourth-order valence-corrected chi connectivity index (χ4v) is 1.31. The molecule has 0 spiro atoms. The smallest absolute Gasteiger partial charge is 0.0589 e. The van der Waals surface area contributed by atoms with Crippen LogP contribution in [0.1, 0.15) is 26.7 Å². The summed E-state index contributed by atoms with van der Waals surface area (Å²) in [7, 11) is 1.75. The highest BCUT2D eigenvalue weighted by molar-refractivity contribution is 4.59. The maximum absolute atomic E-state index is 5.50. The summed E-state index contributed by atoms with van der Waals surface area (Å²) < 4.78 is 5.09. The number of nitrogens with two attached hydrogens (primary N) is 1. The van der Waals surface area contributed by atoms with Gasteiger partial charge in [-0.25, -0.2) is 0 Å². The fourth-order valence-electron chi connectivity index (χ4n) is 1.31. The molecule has 0 aromatic rings. The van der Waals surface area contributed by atoms with Gasteiger partial charge in [-0.3, -0.25) is 0 Å². The van der Waals surface area contributed by atoms with Gasteiger partial charge in [-0.1, -0.05) is 13.8 Å². The molecule has 0 fully saturated rings. The van der Waals surface area contributed by atoms with Crippen molar-refractivity contribution < 1.29 is 4.74 Å². The molecule has 0 radical (unpaired) electrons. The van der Waals surface area contributed by atoms with Crippen LogP contribution in [0.2, 0.25) is 0 Å². The molecule has 14 heavy (non-hydrogen) atoms. The molecular weight excluding hydrogens is 176 g/mol. The van der Waals surface area contributed by atoms with Crippen molar-refractivity contribution in [3.8, 4) is 0 Å². The van der Waals surface area contributed by atoms with E-state index in [1.165, 1.54) is 13.0 Å². The SMILES string of the molecule is COCCN(CCCN)CCC(C)C. The van der Waals surface area contributed by atoms with Crippen LogP contribution >= 0.6 is 0 Å². The molecule has 0 aromatic heterocycles. The molecule has 2 N–H and O–H groups in total. The first-order valence-corrected chi connectivity index (χ1v) is 5.62. The number of ether oxygens (including phenoxy) is 1. The minimum absolute atomic E-state index is 0.776. The van der Waals surface area contributed by atoms with Gasteiger partial charge in [0.2, 0.25) is 0 Å². The molecule has 0 aliphatic rings. The Kier molecular flexibility index (Phi) is 9.35. The van der Waals surface area contributed by atoms with E-state index in [1.807, 2.05) is 0 Å². The van der Waals surface area contributed by atoms with Gasteiger partial charge in [0.1, 0.15) is 0 Å². The summed E-state index contributed by atoms with van der Waals surface area (Å²) in [6.07, 6.45) is 2.34. The molecule has 0 saturated heterocycles. The Morgan fingerprint density at radius 3 is 2.43 bits per heavy atom. The third kappa shape index (κ3) is 8.48. The first-order chi connectivity index (χ1) is 6.70. The second kappa shape index (κ2) is 9.44. The second-order valence-electron chi connectivity index (χ2n) is 4.16. The molecule has 3 heteroatoms. The standard InChI is InChI=1S/C11H26N2O/c1-11(2)5-8-13(7-4-6-12)9-10-14-3/h11H,4-10,12H2,1-3H3. The Balaban J connectivity index is 3.60. The van der Waals surface area contributed by atoms with Crippen LogP contribution in [0.25, 0.3) is 0 Å². The lowest BCUT2D eigenvalue weighted by Crippen LogP contribution is -2.31. The predicted molar refractivity (Wildman–Crippen MR) is 61.4 cm³/mol. The highest BCUT2D eigenvalue weighted by atomic mass is 16.5. The van der Waals surface area contributed by atoms with Gasteiger partial charge in [-0.2, -0.15) is 0 Å². The lowest BCUT2D eigenvalue weighted by Gasteiger charge is -2.22. The van der Waals surface area contributed by atoms with Gasteiger partial charge in [0.25, 0.3) is 0 Å². The first kappa shape index (κ1) is 13.9. The van der Waals surface area contributed by atoms with Gasteiger partial charge < -0.3 is 15.4 Å². The van der Waals surface area contributed by atoms with E-state index in [-0.39, 0.29) is 0 Å². The van der Waals surface area contributed by atoms with Gasteiger partial charge in [-0.15, -0.1) is 0 Å². The van der Waals surface area contributed by atoms with Crippen LogP contribution in [0.15, 0.2) is 0 Å². The number of nitrogens with zero attached hydrogens (tertiary/aromatic N) is 1. The number of hydrogen-bond acceptors (Lipinski definition) is 3. The lowest BCUT2D eigenvalue weighted by atomic mass is 10.1. The van der Waals surface area contributed by atoms with E-state index >= 15 is 0 Å². The average Bonchev–Trinajstić information content (AvgIpc) is 2.16. The zero-order valence-electron chi connectivity index (χ0n) is 9.96. The summed E-state index contributed by atoms with van der Waals surface area (Å²) in [5.41, 5.74) is 5.50. The van der Waals surface area contributed by atoms with E-state index < -0.39 is 0 Å². The van der Waals surface area contributed by atoms with Crippen molar-refractivity contribution in [1.82, 2.24) is 4.90 Å². The van der Waals surface area contributed by atoms with Crippen molar-refractivity contribution >= 4 is 0 Å². The van der Waals surface area contributed by atoms with Crippen molar-refractivity contribution in [2.24, 2.45) is 11.7 Å². The molecule has 0 unspecified atom stereocenters. The molecule has 86 valence electrons. The summed E-state index contributed by atoms with van der Waals surface area (Å²) in [6.45, 7) is 9.43. The third-order valence-corrected chi connectivity index (χ3v) is 2.31. The van der Waals surface area contributed by atoms with Crippen LogP contribution in [0.3, 0.4) is 0 Å². The normalized spacial score (nSPS) is 11.6. The van der Waals surface area contributed by atoms with E-state index in [0.29, 0.717) is 0 Å². The summed E-state index contributed by atoms with van der Waals surface area (Å²) in [5, 5.41) is 0. The monoisotopic (exact) mass is 202 g/mol. The van der Waals surface area contributed by atoms with E-state index in [1.54, 1.807) is 7.11 Å². The lowest BCUT2D eigenvalue weighted by molar-refractivity contribution is 0.144. The van der Waals surface area contributed by atoms with Crippen molar-refractivity contribution in [2.45, 2.75) is 26.7 Å². The zero-order valence-corrected chi connectivity index (χ0v) is 9.96. The largest absolute Gasteiger partial charge is 0.383 e. The molecule has 0 amide bonds. The Labute approximate surface area is 88.6 Å². The van der Waals surface area contributed by atoms with Crippen LogP contribution in [0, 0.1) is 5.92 Å². The van der Waals surface area contributed by atoms with Crippen LogP contribution in [0.4, 0.5) is 0 Å². The van der Waals surface area contributed by atoms with E-state index in [0.717, 1.165) is 38.6 Å². The topological polar surface area (TPSA) is 38.5 Å². The van der Waals surface area contributed by atoms with Gasteiger partial charge in [0.15, 0.2) is 0 Å². The number of rotatable bonds is 9. The van der Waals surface area contributed by atoms with Gasteiger partial charge in [0, 0.05) is 13.7 Å². The van der Waals surface area contributed by atoms with Crippen LogP contribution in [0.5, 0.6) is 0 Å². The summed E-state index contributed by atoms with van der Waals surface area (Å²) in [4.78, 5) is 2.44. The molecule has 0 rings (SSSR count). The molecule has 0 aliphatic heterocycles. The minimum Gasteiger partial charge on any atom is -0.383 e. The Bertz CT molecular complexity index is 110. The summed E-state index contributed by atoms with van der Waals surface area (Å²) >= 11 is 0. The van der Waals surface area contributed by atoms with Crippen molar-refractivity contribution in [3.63, 3.8) is 0 Å². The molecule has 3 nitrogen and oxygen atoms in total. The van der Waals surface area contributed by atoms with Gasteiger partial charge in [-0.05, 0) is 38.4 Å². The van der Waals surface area contributed by atoms with Crippen LogP contribution in [-0.4, -0.2) is 44.8 Å². The fraction of sp³-hybridized carbons (Fsp3) is 1.00. The van der Waals surface area contributed by atoms with Crippen LogP contribution in [-0.2, 0) is 4.74 Å². The molecule has 0 saturated carbocycles. The molecule has 0 aliphatic carbocycles. The second-order valence-corrected chi connectivity index (χ2v) is 4.16. The Hall–Kier alpha value is -0.120. The van der Waals surface area contributed by atoms with Gasteiger partial charge in [0.05, 0.1) is 6.61 Å². The maximum Gasteiger partial charge on any atom is 0.0589 e. The molecule has 0 aromatic carbocycles. The predicted octanol–water partition coefficient (Wildman–Crippen LogP) is 1.33. The summed E-state index contributed by atoms with van der Waals surface area (Å²) in [5.74, 6) is 0.776. The zero-order chi connectivity index (χ0) is 10.8. The number of methoxy groups -OCH3 is 1. The maximum atomic E-state index is 5.50. The van der Waals surface area contributed by atoms with E-state index in [4.69, 9.17) is 10.5 Å². The molecule has 0 bridgehead atoms. The highest BCUT2D eigenvalue weighted by Crippen LogP contribution is 2.02.